The summed E-state index contributed by atoms with van der Waals surface area (Å²) in [6.45, 7) is 4.61. The molecule has 0 aromatic heterocycles. The summed E-state index contributed by atoms with van der Waals surface area (Å²) in [5.41, 5.74) is 0. The Kier molecular flexibility index (Phi) is 37.2. The molecule has 0 aliphatic heterocycles. The summed E-state index contributed by atoms with van der Waals surface area (Å²) < 4.78 is 23.5. The largest absolute Gasteiger partial charge is 0.472 e. The highest BCUT2D eigenvalue weighted by atomic mass is 31.2. The maximum Gasteiger partial charge on any atom is 0.472 e. The normalized spacial score (nSPS) is 15.3. The second-order valence-electron chi connectivity index (χ2n) is 15.7. The third-order valence-electron chi connectivity index (χ3n) is 9.06. The molecule has 0 heterocycles. The number of quaternary nitrogens is 1. The molecule has 3 unspecified atom stereocenters. The lowest BCUT2D eigenvalue weighted by Gasteiger charge is -2.25. The summed E-state index contributed by atoms with van der Waals surface area (Å²) in [5.74, 6) is -0.241. The van der Waals surface area contributed by atoms with Crippen molar-refractivity contribution in [2.24, 2.45) is 0 Å². The van der Waals surface area contributed by atoms with E-state index in [1.165, 1.54) is 51.4 Å². The number of hydrogen-bond donors (Lipinski definition) is 3. The van der Waals surface area contributed by atoms with Crippen LogP contribution in [-0.4, -0.2) is 73.4 Å². The van der Waals surface area contributed by atoms with E-state index in [1.807, 2.05) is 27.2 Å². The molecule has 0 radical (unpaired) electrons. The maximum atomic E-state index is 12.8. The smallest absolute Gasteiger partial charge is 0.387 e. The second kappa shape index (κ2) is 38.9. The van der Waals surface area contributed by atoms with Crippen LogP contribution in [0.4, 0.5) is 0 Å². The Labute approximate surface area is 349 Å². The van der Waals surface area contributed by atoms with Crippen LogP contribution in [0.5, 0.6) is 0 Å². The van der Waals surface area contributed by atoms with Crippen molar-refractivity contribution < 1.29 is 32.9 Å². The van der Waals surface area contributed by atoms with E-state index >= 15 is 0 Å². The van der Waals surface area contributed by atoms with Gasteiger partial charge in [0.25, 0.3) is 0 Å². The Balaban J connectivity index is 4.53. The summed E-state index contributed by atoms with van der Waals surface area (Å²) in [6, 6.07) is -0.882. The summed E-state index contributed by atoms with van der Waals surface area (Å²) >= 11 is 0. The number of nitrogens with zero attached hydrogens (tertiary/aromatic N) is 1. The van der Waals surface area contributed by atoms with E-state index in [-0.39, 0.29) is 25.5 Å². The van der Waals surface area contributed by atoms with Crippen LogP contribution in [0.25, 0.3) is 0 Å². The van der Waals surface area contributed by atoms with Gasteiger partial charge in [0.15, 0.2) is 0 Å². The quantitative estimate of drug-likeness (QED) is 0.0248. The number of carbonyl (C=O) groups excluding carboxylic acids is 1. The molecule has 3 atom stereocenters. The Morgan fingerprint density at radius 3 is 1.53 bits per heavy atom. The summed E-state index contributed by atoms with van der Waals surface area (Å²) in [7, 11) is 1.51. The molecule has 0 spiro atoms. The lowest BCUT2D eigenvalue weighted by atomic mass is 10.1. The van der Waals surface area contributed by atoms with Crippen molar-refractivity contribution in [2.75, 3.05) is 40.9 Å². The number of nitrogens with one attached hydrogen (secondary N) is 1. The third kappa shape index (κ3) is 41.4. The summed E-state index contributed by atoms with van der Waals surface area (Å²) in [4.78, 5) is 23.1. The Bertz CT molecular complexity index is 1240. The molecule has 57 heavy (non-hydrogen) atoms. The highest BCUT2D eigenvalue weighted by molar-refractivity contribution is 7.47. The minimum Gasteiger partial charge on any atom is -0.387 e. The van der Waals surface area contributed by atoms with Crippen LogP contribution < -0.4 is 5.32 Å². The molecule has 0 aliphatic carbocycles. The van der Waals surface area contributed by atoms with Gasteiger partial charge >= 0.3 is 7.82 Å². The third-order valence-corrected chi connectivity index (χ3v) is 10.0. The first-order chi connectivity index (χ1) is 27.5. The van der Waals surface area contributed by atoms with Crippen molar-refractivity contribution in [3.05, 3.63) is 97.2 Å². The first-order valence-corrected chi connectivity index (χ1v) is 23.6. The van der Waals surface area contributed by atoms with Gasteiger partial charge in [0.2, 0.25) is 5.91 Å². The zero-order valence-corrected chi connectivity index (χ0v) is 37.7. The predicted molar refractivity (Wildman–Crippen MR) is 244 cm³/mol. The fourth-order valence-electron chi connectivity index (χ4n) is 5.56. The Morgan fingerprint density at radius 2 is 1.05 bits per heavy atom. The van der Waals surface area contributed by atoms with Crippen LogP contribution >= 0.6 is 7.82 Å². The first kappa shape index (κ1) is 54.4. The summed E-state index contributed by atoms with van der Waals surface area (Å²) in [6.07, 6.45) is 54.8. The van der Waals surface area contributed by atoms with E-state index in [0.717, 1.165) is 70.6 Å². The predicted octanol–water partition coefficient (Wildman–Crippen LogP) is 12.4. The monoisotopic (exact) mass is 816 g/mol. The van der Waals surface area contributed by atoms with Crippen LogP contribution in [0, 0.1) is 0 Å². The van der Waals surface area contributed by atoms with E-state index in [1.54, 1.807) is 6.08 Å². The van der Waals surface area contributed by atoms with E-state index in [4.69, 9.17) is 9.05 Å². The molecule has 9 heteroatoms. The second-order valence-corrected chi connectivity index (χ2v) is 17.1. The van der Waals surface area contributed by atoms with Crippen LogP contribution in [-0.2, 0) is 18.4 Å². The van der Waals surface area contributed by atoms with E-state index in [0.29, 0.717) is 17.4 Å². The van der Waals surface area contributed by atoms with E-state index in [9.17, 15) is 19.4 Å². The molecule has 0 aromatic rings. The number of rotatable bonds is 38. The molecule has 8 nitrogen and oxygen atoms in total. The lowest BCUT2D eigenvalue weighted by molar-refractivity contribution is -0.870. The average Bonchev–Trinajstić information content (AvgIpc) is 3.16. The number of allylic oxidation sites excluding steroid dienone is 15. The van der Waals surface area contributed by atoms with Crippen molar-refractivity contribution in [3.8, 4) is 0 Å². The van der Waals surface area contributed by atoms with Crippen molar-refractivity contribution in [1.82, 2.24) is 5.32 Å². The minimum absolute atomic E-state index is 0.0449. The van der Waals surface area contributed by atoms with Gasteiger partial charge in [-0.2, -0.15) is 0 Å². The van der Waals surface area contributed by atoms with Crippen molar-refractivity contribution >= 4 is 13.7 Å². The standard InChI is InChI=1S/C48H83N2O6P/c1-6-8-10-12-14-16-18-20-21-22-23-24-25-26-27-28-29-30-32-34-36-38-40-42-48(52)49-46(45-56-57(53,54)55-44-43-50(3,4)5)47(51)41-39-37-35-33-31-19-17-15-13-11-9-7-2/h8,10,14,16,20-21,23-24,26-27,29-30,34,36,39,41,46-47,51H,6-7,9,11-13,15,17-19,22,25,28,31-33,35,37-38,40,42-45H2,1-5H3,(H-,49,52,53,54)/p+1/b10-8-,16-14-,21-20-,24-23-,27-26-,30-29-,36-34-,41-39+. The van der Waals surface area contributed by atoms with E-state index < -0.39 is 20.0 Å². The number of phosphoric ester groups is 1. The molecular formula is C48H84N2O6P+. The molecular weight excluding hydrogens is 732 g/mol. The van der Waals surface area contributed by atoms with Crippen LogP contribution in [0.15, 0.2) is 97.2 Å². The molecule has 326 valence electrons. The van der Waals surface area contributed by atoms with Gasteiger partial charge in [0, 0.05) is 6.42 Å². The molecule has 3 N–H and O–H groups in total. The van der Waals surface area contributed by atoms with Gasteiger partial charge in [0.05, 0.1) is 39.9 Å². The molecule has 0 fully saturated rings. The fraction of sp³-hybridized carbons (Fsp3) is 0.646. The zero-order valence-electron chi connectivity index (χ0n) is 36.8. The van der Waals surface area contributed by atoms with Gasteiger partial charge in [0.1, 0.15) is 13.2 Å². The lowest BCUT2D eigenvalue weighted by Crippen LogP contribution is -2.45. The Hall–Kier alpha value is -2.58. The molecule has 0 aromatic carbocycles. The number of carbonyl (C=O) groups is 1. The van der Waals surface area contributed by atoms with Crippen LogP contribution in [0.1, 0.15) is 149 Å². The van der Waals surface area contributed by atoms with Crippen LogP contribution in [0.2, 0.25) is 0 Å². The van der Waals surface area contributed by atoms with Crippen molar-refractivity contribution in [1.29, 1.82) is 0 Å². The van der Waals surface area contributed by atoms with Crippen LogP contribution in [0.3, 0.4) is 0 Å². The average molecular weight is 816 g/mol. The zero-order chi connectivity index (χ0) is 42.1. The van der Waals surface area contributed by atoms with Gasteiger partial charge in [-0.25, -0.2) is 4.57 Å². The SMILES string of the molecule is CC/C=C\C/C=C\C/C=C\C/C=C\C/C=C\C/C=C\C/C=C\CCCC(=O)NC(COP(=O)(O)OCC[N+](C)(C)C)C(O)/C=C/CCCCCCCCCCCC. The molecule has 0 bridgehead atoms. The highest BCUT2D eigenvalue weighted by Gasteiger charge is 2.27. The van der Waals surface area contributed by atoms with E-state index in [2.05, 4.69) is 104 Å². The number of aliphatic hydroxyl groups is 1. The van der Waals surface area contributed by atoms with Crippen molar-refractivity contribution in [3.63, 3.8) is 0 Å². The number of phosphoric acid groups is 1. The molecule has 0 saturated carbocycles. The molecule has 0 aliphatic rings. The summed E-state index contributed by atoms with van der Waals surface area (Å²) in [5, 5.41) is 13.7. The molecule has 0 saturated heterocycles. The number of likely N-dealkylation sites (N-methyl/N-ethyl adjacent to an activating group) is 1. The maximum absolute atomic E-state index is 12.8. The minimum atomic E-state index is -4.36. The van der Waals surface area contributed by atoms with Gasteiger partial charge in [-0.15, -0.1) is 0 Å². The highest BCUT2D eigenvalue weighted by Crippen LogP contribution is 2.43. The van der Waals surface area contributed by atoms with Gasteiger partial charge in [-0.3, -0.25) is 13.8 Å². The first-order valence-electron chi connectivity index (χ1n) is 22.1. The number of unbranched alkanes of at least 4 members (excludes halogenated alkanes) is 11. The number of amides is 1. The topological polar surface area (TPSA) is 105 Å². The van der Waals surface area contributed by atoms with Gasteiger partial charge < -0.3 is 19.8 Å². The van der Waals surface area contributed by atoms with Gasteiger partial charge in [-0.1, -0.05) is 169 Å². The number of aliphatic hydroxyl groups excluding tert-OH is 1. The molecule has 0 rings (SSSR count). The fourth-order valence-corrected chi connectivity index (χ4v) is 6.29. The molecule has 1 amide bonds. The van der Waals surface area contributed by atoms with Crippen molar-refractivity contribution in [2.45, 2.75) is 161 Å². The van der Waals surface area contributed by atoms with Gasteiger partial charge in [-0.05, 0) is 70.6 Å². The Morgan fingerprint density at radius 1 is 0.614 bits per heavy atom. The number of hydrogen-bond acceptors (Lipinski definition) is 5.